The zero-order chi connectivity index (χ0) is 11.4. The maximum absolute atomic E-state index is 10.6. The first-order chi connectivity index (χ1) is 7.85. The first-order valence-corrected chi connectivity index (χ1v) is 5.18. The van der Waals surface area contributed by atoms with E-state index < -0.39 is 6.04 Å². The zero-order valence-corrected chi connectivity index (χ0v) is 8.76. The van der Waals surface area contributed by atoms with Crippen LogP contribution in [0.1, 0.15) is 18.0 Å². The van der Waals surface area contributed by atoms with Crippen molar-refractivity contribution in [2.24, 2.45) is 5.18 Å². The number of fused-ring (bicyclic) bond motifs is 1. The van der Waals surface area contributed by atoms with Gasteiger partial charge in [-0.3, -0.25) is 0 Å². The van der Waals surface area contributed by atoms with Crippen LogP contribution in [0.15, 0.2) is 23.4 Å². The number of aliphatic hydroxyl groups excluding tert-OH is 1. The lowest BCUT2D eigenvalue weighted by atomic mass is 10.0. The van der Waals surface area contributed by atoms with Crippen molar-refractivity contribution in [1.82, 2.24) is 0 Å². The van der Waals surface area contributed by atoms with E-state index in [1.807, 2.05) is 0 Å². The number of rotatable bonds is 4. The highest BCUT2D eigenvalue weighted by atomic mass is 16.6. The Kier molecular flexibility index (Phi) is 3.36. The number of hydrogen-bond donors (Lipinski definition) is 1. The first-order valence-electron chi connectivity index (χ1n) is 5.18. The van der Waals surface area contributed by atoms with E-state index >= 15 is 0 Å². The van der Waals surface area contributed by atoms with Gasteiger partial charge in [-0.05, 0) is 17.7 Å². The Bertz CT molecular complexity index is 380. The summed E-state index contributed by atoms with van der Waals surface area (Å²) < 4.78 is 10.8. The average Bonchev–Trinajstić information content (AvgIpc) is 2.35. The van der Waals surface area contributed by atoms with Gasteiger partial charge in [0, 0.05) is 13.0 Å². The Morgan fingerprint density at radius 2 is 2.06 bits per heavy atom. The van der Waals surface area contributed by atoms with Crippen LogP contribution in [0.2, 0.25) is 0 Å². The van der Waals surface area contributed by atoms with E-state index in [9.17, 15) is 4.91 Å². The molecule has 1 atom stereocenters. The van der Waals surface area contributed by atoms with Gasteiger partial charge in [-0.25, -0.2) is 0 Å². The third-order valence-corrected chi connectivity index (χ3v) is 2.48. The zero-order valence-electron chi connectivity index (χ0n) is 8.76. The molecule has 0 amide bonds. The van der Waals surface area contributed by atoms with Crippen molar-refractivity contribution in [2.45, 2.75) is 12.5 Å². The molecule has 1 aromatic rings. The lowest BCUT2D eigenvalue weighted by molar-refractivity contribution is 0.171. The summed E-state index contributed by atoms with van der Waals surface area (Å²) in [5, 5.41) is 11.8. The van der Waals surface area contributed by atoms with Gasteiger partial charge in [0.15, 0.2) is 11.5 Å². The molecule has 2 rings (SSSR count). The Morgan fingerprint density at radius 1 is 1.31 bits per heavy atom. The summed E-state index contributed by atoms with van der Waals surface area (Å²) in [4.78, 5) is 10.6. The van der Waals surface area contributed by atoms with Crippen LogP contribution in [0.25, 0.3) is 0 Å². The Hall–Kier alpha value is -1.62. The Balaban J connectivity index is 2.24. The maximum atomic E-state index is 10.6. The summed E-state index contributed by atoms with van der Waals surface area (Å²) in [6.45, 7) is 0.985. The molecule has 0 aliphatic carbocycles. The van der Waals surface area contributed by atoms with Gasteiger partial charge in [0.1, 0.15) is 19.3 Å². The van der Waals surface area contributed by atoms with E-state index in [2.05, 4.69) is 5.18 Å². The van der Waals surface area contributed by atoms with E-state index in [0.717, 1.165) is 5.56 Å². The van der Waals surface area contributed by atoms with E-state index in [4.69, 9.17) is 14.6 Å². The molecule has 0 unspecified atom stereocenters. The normalized spacial score (nSPS) is 15.6. The highest BCUT2D eigenvalue weighted by molar-refractivity contribution is 5.44. The second-order valence-corrected chi connectivity index (χ2v) is 3.54. The molecule has 5 heteroatoms. The summed E-state index contributed by atoms with van der Waals surface area (Å²) in [6.07, 6.45) is 0.323. The third kappa shape index (κ3) is 2.14. The maximum Gasteiger partial charge on any atom is 0.161 e. The minimum atomic E-state index is -0.527. The van der Waals surface area contributed by atoms with Crippen molar-refractivity contribution in [3.63, 3.8) is 0 Å². The van der Waals surface area contributed by atoms with Crippen molar-refractivity contribution < 1.29 is 14.6 Å². The quantitative estimate of drug-likeness (QED) is 0.788. The van der Waals surface area contributed by atoms with Gasteiger partial charge in [-0.2, -0.15) is 4.91 Å². The second kappa shape index (κ2) is 4.94. The van der Waals surface area contributed by atoms with Crippen molar-refractivity contribution in [2.75, 3.05) is 19.8 Å². The lowest BCUT2D eigenvalue weighted by Crippen LogP contribution is -2.15. The van der Waals surface area contributed by atoms with Crippen molar-refractivity contribution >= 4 is 0 Å². The number of benzene rings is 1. The van der Waals surface area contributed by atoms with Gasteiger partial charge < -0.3 is 14.6 Å². The van der Waals surface area contributed by atoms with E-state index in [1.165, 1.54) is 0 Å². The van der Waals surface area contributed by atoms with Gasteiger partial charge in [0.2, 0.25) is 0 Å². The molecule has 0 bridgehead atoms. The van der Waals surface area contributed by atoms with Crippen molar-refractivity contribution in [1.29, 1.82) is 0 Å². The molecular formula is C11H13NO4. The van der Waals surface area contributed by atoms with E-state index in [1.54, 1.807) is 18.2 Å². The third-order valence-electron chi connectivity index (χ3n) is 2.48. The fraction of sp³-hybridized carbons (Fsp3) is 0.455. The Labute approximate surface area is 93.0 Å². The van der Waals surface area contributed by atoms with Gasteiger partial charge in [0.25, 0.3) is 0 Å². The van der Waals surface area contributed by atoms with Crippen molar-refractivity contribution in [3.05, 3.63) is 28.7 Å². The predicted molar refractivity (Wildman–Crippen MR) is 57.7 cm³/mol. The molecular weight excluding hydrogens is 210 g/mol. The van der Waals surface area contributed by atoms with Crippen LogP contribution >= 0.6 is 0 Å². The summed E-state index contributed by atoms with van der Waals surface area (Å²) >= 11 is 0. The molecule has 1 heterocycles. The van der Waals surface area contributed by atoms with Gasteiger partial charge >= 0.3 is 0 Å². The molecule has 1 aliphatic rings. The minimum absolute atomic E-state index is 0.0646. The van der Waals surface area contributed by atoms with Gasteiger partial charge in [0.05, 0.1) is 0 Å². The van der Waals surface area contributed by atoms with E-state index in [-0.39, 0.29) is 6.61 Å². The largest absolute Gasteiger partial charge is 0.486 e. The van der Waals surface area contributed by atoms with Crippen LogP contribution in [-0.4, -0.2) is 24.9 Å². The van der Waals surface area contributed by atoms with Crippen LogP contribution in [0, 0.1) is 4.91 Å². The van der Waals surface area contributed by atoms with Crippen molar-refractivity contribution in [3.8, 4) is 11.5 Å². The molecule has 5 nitrogen and oxygen atoms in total. The molecule has 0 saturated carbocycles. The SMILES string of the molecule is O=N[C@@H](CCO)c1ccc2c(c1)OCCO2. The molecule has 1 aromatic carbocycles. The molecule has 0 aromatic heterocycles. The molecule has 0 spiro atoms. The highest BCUT2D eigenvalue weighted by Gasteiger charge is 2.16. The smallest absolute Gasteiger partial charge is 0.161 e. The average molecular weight is 223 g/mol. The lowest BCUT2D eigenvalue weighted by Gasteiger charge is -2.19. The number of nitroso groups, excluding NO2 is 1. The van der Waals surface area contributed by atoms with Crippen LogP contribution < -0.4 is 9.47 Å². The molecule has 0 saturated heterocycles. The Morgan fingerprint density at radius 3 is 2.75 bits per heavy atom. The number of hydrogen-bond acceptors (Lipinski definition) is 5. The minimum Gasteiger partial charge on any atom is -0.486 e. The second-order valence-electron chi connectivity index (χ2n) is 3.54. The standard InChI is InChI=1S/C11H13NO4/c13-4-3-9(12-14)8-1-2-10-11(7-8)16-6-5-15-10/h1-2,7,9,13H,3-6H2/t9-/m0/s1. The molecule has 1 aliphatic heterocycles. The molecule has 86 valence electrons. The predicted octanol–water partition coefficient (Wildman–Crippen LogP) is 1.65. The topological polar surface area (TPSA) is 68.1 Å². The van der Waals surface area contributed by atoms with Crippen LogP contribution in [0.3, 0.4) is 0 Å². The number of aliphatic hydroxyl groups is 1. The van der Waals surface area contributed by atoms with Crippen LogP contribution in [-0.2, 0) is 0 Å². The fourth-order valence-electron chi connectivity index (χ4n) is 1.67. The first kappa shape index (κ1) is 10.9. The molecule has 1 N–H and O–H groups in total. The van der Waals surface area contributed by atoms with Crippen LogP contribution in [0.5, 0.6) is 11.5 Å². The van der Waals surface area contributed by atoms with Gasteiger partial charge in [-0.1, -0.05) is 11.2 Å². The fourth-order valence-corrected chi connectivity index (χ4v) is 1.67. The van der Waals surface area contributed by atoms with Crippen LogP contribution in [0.4, 0.5) is 0 Å². The summed E-state index contributed by atoms with van der Waals surface area (Å²) in [5.41, 5.74) is 0.744. The summed E-state index contributed by atoms with van der Waals surface area (Å²) in [6, 6.07) is 4.76. The van der Waals surface area contributed by atoms with E-state index in [0.29, 0.717) is 31.1 Å². The summed E-state index contributed by atoms with van der Waals surface area (Å²) in [5.74, 6) is 1.32. The number of nitrogens with zero attached hydrogens (tertiary/aromatic N) is 1. The highest BCUT2D eigenvalue weighted by Crippen LogP contribution is 2.34. The molecule has 0 fully saturated rings. The van der Waals surface area contributed by atoms with Gasteiger partial charge in [-0.15, -0.1) is 0 Å². The monoisotopic (exact) mass is 223 g/mol. The molecule has 0 radical (unpaired) electrons. The summed E-state index contributed by atoms with van der Waals surface area (Å²) in [7, 11) is 0. The number of ether oxygens (including phenoxy) is 2. The molecule has 16 heavy (non-hydrogen) atoms.